The van der Waals surface area contributed by atoms with Crippen LogP contribution >= 0.6 is 11.6 Å². The Labute approximate surface area is 171 Å². The average Bonchev–Trinajstić information content (AvgIpc) is 2.96. The van der Waals surface area contributed by atoms with Gasteiger partial charge in [0.05, 0.1) is 0 Å². The molecule has 6 nitrogen and oxygen atoms in total. The zero-order valence-electron chi connectivity index (χ0n) is 17.3. The lowest BCUT2D eigenvalue weighted by molar-refractivity contribution is 0.168. The van der Waals surface area contributed by atoms with E-state index in [0.29, 0.717) is 0 Å². The van der Waals surface area contributed by atoms with E-state index in [4.69, 9.17) is 20.4 Å². The summed E-state index contributed by atoms with van der Waals surface area (Å²) < 4.78 is 25.7. The zero-order valence-corrected chi connectivity index (χ0v) is 19.1. The van der Waals surface area contributed by atoms with Crippen LogP contribution < -0.4 is 5.32 Å². The van der Waals surface area contributed by atoms with Crippen molar-refractivity contribution < 1.29 is 13.2 Å². The molecular weight excluding hydrogens is 399 g/mol. The molecule has 0 radical (unpaired) electrons. The summed E-state index contributed by atoms with van der Waals surface area (Å²) in [7, 11) is -1.72. The molecule has 0 spiro atoms. The van der Waals surface area contributed by atoms with Crippen LogP contribution in [0.3, 0.4) is 0 Å². The van der Waals surface area contributed by atoms with E-state index in [1.54, 1.807) is 0 Å². The number of anilines is 1. The highest BCUT2D eigenvalue weighted by Crippen LogP contribution is 2.36. The Balaban J connectivity index is 1.55. The second-order valence-corrected chi connectivity index (χ2v) is 14.2. The zero-order chi connectivity index (χ0) is 20.5. The lowest BCUT2D eigenvalue weighted by atomic mass is 10.1. The van der Waals surface area contributed by atoms with Gasteiger partial charge in [0.2, 0.25) is 11.2 Å². The van der Waals surface area contributed by atoms with Crippen molar-refractivity contribution in [3.8, 4) is 0 Å². The van der Waals surface area contributed by atoms with Crippen molar-refractivity contribution in [1.82, 2.24) is 14.9 Å². The Morgan fingerprint density at radius 2 is 2.14 bits per heavy atom. The van der Waals surface area contributed by atoms with Gasteiger partial charge in [-0.3, -0.25) is 4.90 Å². The molecule has 9 heteroatoms. The molecule has 0 bridgehead atoms. The third kappa shape index (κ3) is 5.03. The summed E-state index contributed by atoms with van der Waals surface area (Å²) in [5.74, 6) is -0.552. The standard InChI is InChI=1S/C19H30ClFN4O2Si/c1-19(2,3)28(4,5)26-10-9-25-8-6-7-13(12-25)22-18-24-17-16(27-18)14(21)11-15(20)23-17/h11,13H,6-10,12H2,1-5H3,(H,22,23,24)/t13-/m1/s1. The molecule has 1 fully saturated rings. The molecule has 156 valence electrons. The molecule has 1 aliphatic heterocycles. The summed E-state index contributed by atoms with van der Waals surface area (Å²) in [6.45, 7) is 14.9. The summed E-state index contributed by atoms with van der Waals surface area (Å²) in [6.07, 6.45) is 2.09. The van der Waals surface area contributed by atoms with Gasteiger partial charge in [-0.1, -0.05) is 32.4 Å². The summed E-state index contributed by atoms with van der Waals surface area (Å²) in [5.41, 5.74) is 0.213. The van der Waals surface area contributed by atoms with Crippen LogP contribution in [0, 0.1) is 5.82 Å². The molecule has 3 rings (SSSR count). The molecule has 1 saturated heterocycles. The Morgan fingerprint density at radius 3 is 2.86 bits per heavy atom. The monoisotopic (exact) mass is 428 g/mol. The molecular formula is C19H30ClFN4O2Si. The Kier molecular flexibility index (Phi) is 6.34. The average molecular weight is 429 g/mol. The fraction of sp³-hybridized carbons (Fsp3) is 0.684. The highest BCUT2D eigenvalue weighted by molar-refractivity contribution is 6.74. The van der Waals surface area contributed by atoms with Crippen LogP contribution in [0.25, 0.3) is 11.2 Å². The number of piperidine rings is 1. The maximum atomic E-state index is 13.9. The van der Waals surface area contributed by atoms with Gasteiger partial charge in [0.1, 0.15) is 5.15 Å². The number of hydrogen-bond donors (Lipinski definition) is 1. The van der Waals surface area contributed by atoms with E-state index in [1.165, 1.54) is 0 Å². The molecule has 0 amide bonds. The van der Waals surface area contributed by atoms with Gasteiger partial charge in [0, 0.05) is 31.8 Å². The van der Waals surface area contributed by atoms with Crippen LogP contribution in [0.5, 0.6) is 0 Å². The molecule has 1 aliphatic rings. The molecule has 0 saturated carbocycles. The van der Waals surface area contributed by atoms with E-state index in [2.05, 4.69) is 54.0 Å². The fourth-order valence-corrected chi connectivity index (χ4v) is 4.32. The van der Waals surface area contributed by atoms with Crippen molar-refractivity contribution in [3.05, 3.63) is 17.0 Å². The molecule has 2 aromatic rings. The molecule has 1 atom stereocenters. The number of aromatic nitrogens is 2. The predicted molar refractivity (Wildman–Crippen MR) is 113 cm³/mol. The van der Waals surface area contributed by atoms with Gasteiger partial charge in [-0.25, -0.2) is 9.37 Å². The third-order valence-corrected chi connectivity index (χ3v) is 10.5. The van der Waals surface area contributed by atoms with Crippen molar-refractivity contribution in [2.24, 2.45) is 0 Å². The number of nitrogens with one attached hydrogen (secondary N) is 1. The first-order valence-electron chi connectivity index (χ1n) is 9.80. The summed E-state index contributed by atoms with van der Waals surface area (Å²) >= 11 is 5.78. The first-order chi connectivity index (χ1) is 13.0. The normalized spacial score (nSPS) is 19.3. The van der Waals surface area contributed by atoms with Gasteiger partial charge in [-0.2, -0.15) is 4.98 Å². The maximum Gasteiger partial charge on any atom is 0.297 e. The smallest absolute Gasteiger partial charge is 0.297 e. The number of fused-ring (bicyclic) bond motifs is 1. The van der Waals surface area contributed by atoms with Gasteiger partial charge in [-0.05, 0) is 37.5 Å². The Morgan fingerprint density at radius 1 is 1.39 bits per heavy atom. The largest absolute Gasteiger partial charge is 0.419 e. The van der Waals surface area contributed by atoms with Gasteiger partial charge in [0.25, 0.3) is 6.01 Å². The fourth-order valence-electron chi connectivity index (χ4n) is 3.11. The van der Waals surface area contributed by atoms with Crippen LogP contribution in [0.2, 0.25) is 23.3 Å². The van der Waals surface area contributed by atoms with E-state index >= 15 is 0 Å². The second-order valence-electron chi connectivity index (χ2n) is 8.99. The number of rotatable bonds is 6. The van der Waals surface area contributed by atoms with E-state index in [1.807, 2.05) is 0 Å². The highest BCUT2D eigenvalue weighted by Gasteiger charge is 2.37. The number of oxazole rings is 1. The minimum absolute atomic E-state index is 0.0299. The van der Waals surface area contributed by atoms with Crippen molar-refractivity contribution in [1.29, 1.82) is 0 Å². The molecule has 0 unspecified atom stereocenters. The minimum Gasteiger partial charge on any atom is -0.419 e. The maximum absolute atomic E-state index is 13.9. The van der Waals surface area contributed by atoms with Gasteiger partial charge in [-0.15, -0.1) is 0 Å². The molecule has 0 aromatic carbocycles. The highest BCUT2D eigenvalue weighted by atomic mass is 35.5. The van der Waals surface area contributed by atoms with Crippen LogP contribution in [-0.2, 0) is 4.43 Å². The minimum atomic E-state index is -1.72. The van der Waals surface area contributed by atoms with E-state index in [-0.39, 0.29) is 33.5 Å². The summed E-state index contributed by atoms with van der Waals surface area (Å²) in [4.78, 5) is 10.6. The lowest BCUT2D eigenvalue weighted by Gasteiger charge is -2.38. The molecule has 3 heterocycles. The number of halogens is 2. The molecule has 2 aromatic heterocycles. The SMILES string of the molecule is CC(C)(C)[Si](C)(C)OCCN1CCC[C@@H](Nc2nc3nc(Cl)cc(F)c3o2)C1. The van der Waals surface area contributed by atoms with Crippen molar-refractivity contribution >= 4 is 37.2 Å². The van der Waals surface area contributed by atoms with Crippen LogP contribution in [0.15, 0.2) is 10.5 Å². The van der Waals surface area contributed by atoms with Gasteiger partial charge < -0.3 is 14.2 Å². The number of pyridine rings is 1. The number of likely N-dealkylation sites (tertiary alicyclic amines) is 1. The van der Waals surface area contributed by atoms with Gasteiger partial charge >= 0.3 is 0 Å². The summed E-state index contributed by atoms with van der Waals surface area (Å²) in [5, 5.41) is 3.56. The first kappa shape index (κ1) is 21.5. The number of nitrogens with zero attached hydrogens (tertiary/aromatic N) is 3. The van der Waals surface area contributed by atoms with E-state index in [9.17, 15) is 4.39 Å². The molecule has 0 aliphatic carbocycles. The van der Waals surface area contributed by atoms with Crippen LogP contribution in [0.4, 0.5) is 10.4 Å². The predicted octanol–water partition coefficient (Wildman–Crippen LogP) is 4.91. The number of hydrogen-bond acceptors (Lipinski definition) is 6. The topological polar surface area (TPSA) is 63.4 Å². The van der Waals surface area contributed by atoms with Crippen molar-refractivity contribution in [2.75, 3.05) is 31.6 Å². The molecule has 1 N–H and O–H groups in total. The Bertz CT molecular complexity index is 824. The van der Waals surface area contributed by atoms with Crippen LogP contribution in [0.1, 0.15) is 33.6 Å². The second kappa shape index (κ2) is 8.26. The first-order valence-corrected chi connectivity index (χ1v) is 13.1. The van der Waals surface area contributed by atoms with E-state index in [0.717, 1.165) is 45.1 Å². The third-order valence-electron chi connectivity index (χ3n) is 5.79. The van der Waals surface area contributed by atoms with Crippen LogP contribution in [-0.4, -0.2) is 55.5 Å². The lowest BCUT2D eigenvalue weighted by Crippen LogP contribution is -2.46. The Hall–Kier alpha value is -1.22. The van der Waals surface area contributed by atoms with Crippen molar-refractivity contribution in [2.45, 2.75) is 57.8 Å². The quantitative estimate of drug-likeness (QED) is 0.520. The van der Waals surface area contributed by atoms with Gasteiger partial charge in [0.15, 0.2) is 14.1 Å². The van der Waals surface area contributed by atoms with Crippen molar-refractivity contribution in [3.63, 3.8) is 0 Å². The summed E-state index contributed by atoms with van der Waals surface area (Å²) in [6, 6.07) is 1.60. The molecule has 28 heavy (non-hydrogen) atoms. The van der Waals surface area contributed by atoms with E-state index < -0.39 is 14.1 Å².